The predicted octanol–water partition coefficient (Wildman–Crippen LogP) is -2.30. The molecule has 2 saturated heterocycles. The van der Waals surface area contributed by atoms with Gasteiger partial charge in [0.2, 0.25) is 59.1 Å². The van der Waals surface area contributed by atoms with Crippen LogP contribution in [0.5, 0.6) is 0 Å². The highest BCUT2D eigenvalue weighted by atomic mass is 32.1. The Morgan fingerprint density at radius 2 is 1.19 bits per heavy atom. The minimum absolute atomic E-state index is 0.0394. The smallest absolute Gasteiger partial charge is 0.246 e. The minimum atomic E-state index is -1.56. The number of unbranched alkanes of at least 4 members (excludes halogenated alkanes) is 4. The maximum absolute atomic E-state index is 14.3. The number of nitrogens with one attached hydrogen (secondary N) is 8. The van der Waals surface area contributed by atoms with Crippen LogP contribution in [0.4, 0.5) is 0 Å². The first-order valence-electron chi connectivity index (χ1n) is 23.9. The summed E-state index contributed by atoms with van der Waals surface area (Å²) in [7, 11) is 0. The SMILES string of the molecule is NCCCC[C@@H]1NC(=O)[C@@H]2CCCN2C(=O)[C@H](CC(N)=O)NC(=O)[C@H](CCCCC=S)NC(=O)CNC(=O)[C@H](Cc2c[nH]c3ccccc23)NC(=O)[C@@H](CCCCN)NC(=O)[C@H](CCC(N)=O)NC1=O. The van der Waals surface area contributed by atoms with Crippen molar-refractivity contribution in [3.8, 4) is 0 Å². The summed E-state index contributed by atoms with van der Waals surface area (Å²) >= 11 is 4.95. The Balaban J connectivity index is 1.78. The zero-order valence-electron chi connectivity index (χ0n) is 39.4. The highest BCUT2D eigenvalue weighted by molar-refractivity contribution is 7.78. The topological polar surface area (TPSA) is 378 Å². The molecule has 2 aliphatic rings. The molecule has 0 unspecified atom stereocenters. The second-order valence-corrected chi connectivity index (χ2v) is 17.9. The molecule has 24 heteroatoms. The van der Waals surface area contributed by atoms with Gasteiger partial charge in [-0.2, -0.15) is 0 Å². The van der Waals surface area contributed by atoms with E-state index in [1.165, 1.54) is 10.3 Å². The highest BCUT2D eigenvalue weighted by Crippen LogP contribution is 2.22. The van der Waals surface area contributed by atoms with Crippen molar-refractivity contribution in [3.63, 3.8) is 0 Å². The number of benzene rings is 1. The van der Waals surface area contributed by atoms with Crippen LogP contribution in [0, 0.1) is 0 Å². The number of hydrogen-bond donors (Lipinski definition) is 12. The zero-order chi connectivity index (χ0) is 51.2. The van der Waals surface area contributed by atoms with E-state index in [9.17, 15) is 47.9 Å². The average molecular weight is 996 g/mol. The molecule has 2 aliphatic heterocycles. The monoisotopic (exact) mass is 996 g/mol. The summed E-state index contributed by atoms with van der Waals surface area (Å²) in [6.07, 6.45) is 4.02. The fraction of sp³-hybridized carbons (Fsp3) is 0.587. The number of nitrogens with zero attached hydrogens (tertiary/aromatic N) is 1. The van der Waals surface area contributed by atoms with Crippen molar-refractivity contribution in [2.75, 3.05) is 26.2 Å². The maximum atomic E-state index is 14.3. The Kier molecular flexibility index (Phi) is 23.1. The van der Waals surface area contributed by atoms with Gasteiger partial charge in [-0.3, -0.25) is 47.9 Å². The normalized spacial score (nSPS) is 23.7. The predicted molar refractivity (Wildman–Crippen MR) is 262 cm³/mol. The van der Waals surface area contributed by atoms with Gasteiger partial charge in [0.05, 0.1) is 13.0 Å². The third-order valence-corrected chi connectivity index (χ3v) is 12.4. The molecule has 0 bridgehead atoms. The summed E-state index contributed by atoms with van der Waals surface area (Å²) in [5.41, 5.74) is 23.9. The molecule has 4 rings (SSSR count). The minimum Gasteiger partial charge on any atom is -0.370 e. The van der Waals surface area contributed by atoms with Crippen LogP contribution in [0.15, 0.2) is 30.5 Å². The van der Waals surface area contributed by atoms with Gasteiger partial charge in [-0.25, -0.2) is 0 Å². The average Bonchev–Trinajstić information content (AvgIpc) is 3.99. The van der Waals surface area contributed by atoms with Gasteiger partial charge in [0.15, 0.2) is 0 Å². The van der Waals surface area contributed by atoms with Gasteiger partial charge in [-0.15, -0.1) is 0 Å². The molecule has 1 aromatic carbocycles. The van der Waals surface area contributed by atoms with Crippen molar-refractivity contribution >= 4 is 87.6 Å². The van der Waals surface area contributed by atoms with Gasteiger partial charge in [-0.05, 0) is 107 Å². The Morgan fingerprint density at radius 1 is 0.643 bits per heavy atom. The number of nitrogens with two attached hydrogens (primary N) is 4. The van der Waals surface area contributed by atoms with Gasteiger partial charge < -0.3 is 70.0 Å². The molecule has 0 aliphatic carbocycles. The molecular weight excluding hydrogens is 927 g/mol. The molecule has 0 radical (unpaired) electrons. The Labute approximate surface area is 411 Å². The molecule has 16 N–H and O–H groups in total. The molecule has 2 fully saturated rings. The van der Waals surface area contributed by atoms with Crippen LogP contribution in [0.3, 0.4) is 0 Å². The van der Waals surface area contributed by atoms with Crippen LogP contribution in [0.25, 0.3) is 10.9 Å². The van der Waals surface area contributed by atoms with Crippen molar-refractivity contribution in [3.05, 3.63) is 36.0 Å². The molecule has 7 atom stereocenters. The Morgan fingerprint density at radius 3 is 1.77 bits per heavy atom. The lowest BCUT2D eigenvalue weighted by Gasteiger charge is -2.31. The van der Waals surface area contributed by atoms with E-state index in [0.717, 1.165) is 10.9 Å². The molecule has 70 heavy (non-hydrogen) atoms. The molecule has 2 aromatic rings. The molecule has 1 aromatic heterocycles. The van der Waals surface area contributed by atoms with Gasteiger partial charge in [0.25, 0.3) is 0 Å². The Bertz CT molecular complexity index is 2190. The standard InChI is InChI=1S/C46H69N13O10S/c47-19-7-5-14-31-43(66)57-34(23-27-25-51-29-12-4-3-11-28(27)29)40(63)52-26-39(62)53-30(13-2-1-9-22-70)41(64)58-35(24-38(50)61)46(69)59-21-10-16-36(59)45(68)56-32(15-6-8-20-48)42(65)55-33(44(67)54-31)17-18-37(49)60/h3-4,11-12,22,25,30-36,51H,1-2,5-10,13-21,23-24,26,47-48H2,(H2,49,60)(H2,50,61)(H,52,63)(H,53,62)(H,54,67)(H,55,65)(H,56,68)(H,57,66)(H,58,64)/t30-,31+,32-,33-,34-,35-,36-/m0/s1. The number of primary amides is 2. The summed E-state index contributed by atoms with van der Waals surface area (Å²) in [5, 5.41) is 20.7. The third kappa shape index (κ3) is 17.5. The highest BCUT2D eigenvalue weighted by Gasteiger charge is 2.41. The van der Waals surface area contributed by atoms with Crippen molar-refractivity contribution in [1.29, 1.82) is 0 Å². The summed E-state index contributed by atoms with van der Waals surface area (Å²) in [5.74, 6) is -8.20. The number of H-pyrrole nitrogens is 1. The van der Waals surface area contributed by atoms with Crippen molar-refractivity contribution in [2.45, 2.75) is 145 Å². The lowest BCUT2D eigenvalue weighted by Crippen LogP contribution is -2.60. The van der Waals surface area contributed by atoms with Crippen LogP contribution in [0.1, 0.15) is 102 Å². The van der Waals surface area contributed by atoms with Crippen LogP contribution in [-0.4, -0.2) is 143 Å². The summed E-state index contributed by atoms with van der Waals surface area (Å²) in [6, 6.07) is -2.14. The molecule has 23 nitrogen and oxygen atoms in total. The number of thiocarbonyl (C=S) groups is 1. The first-order chi connectivity index (χ1) is 33.6. The van der Waals surface area contributed by atoms with Crippen LogP contribution >= 0.6 is 12.2 Å². The number of fused-ring (bicyclic) bond motifs is 2. The van der Waals surface area contributed by atoms with Crippen LogP contribution < -0.4 is 60.2 Å². The molecule has 3 heterocycles. The second-order valence-electron chi connectivity index (χ2n) is 17.6. The van der Waals surface area contributed by atoms with E-state index < -0.39 is 114 Å². The van der Waals surface area contributed by atoms with E-state index in [1.807, 2.05) is 18.2 Å². The number of para-hydroxylation sites is 1. The third-order valence-electron chi connectivity index (χ3n) is 12.2. The number of aromatic amines is 1. The Hall–Kier alpha value is -6.53. The second kappa shape index (κ2) is 28.8. The van der Waals surface area contributed by atoms with Crippen molar-refractivity contribution in [2.24, 2.45) is 22.9 Å². The van der Waals surface area contributed by atoms with E-state index in [-0.39, 0.29) is 64.6 Å². The van der Waals surface area contributed by atoms with E-state index in [0.29, 0.717) is 56.9 Å². The van der Waals surface area contributed by atoms with E-state index in [1.54, 1.807) is 12.3 Å². The number of rotatable bonds is 20. The fourth-order valence-corrected chi connectivity index (χ4v) is 8.62. The number of amides is 10. The number of carbonyl (C=O) groups excluding carboxylic acids is 10. The largest absolute Gasteiger partial charge is 0.370 e. The molecule has 10 amide bonds. The first-order valence-corrected chi connectivity index (χ1v) is 24.4. The number of carbonyl (C=O) groups is 10. The van der Waals surface area contributed by atoms with Gasteiger partial charge in [0.1, 0.15) is 42.3 Å². The van der Waals surface area contributed by atoms with Gasteiger partial charge >= 0.3 is 0 Å². The van der Waals surface area contributed by atoms with E-state index in [2.05, 4.69) is 42.2 Å². The summed E-state index contributed by atoms with van der Waals surface area (Å²) in [4.78, 5) is 141. The lowest BCUT2D eigenvalue weighted by atomic mass is 10.0. The van der Waals surface area contributed by atoms with Gasteiger partial charge in [-0.1, -0.05) is 36.8 Å². The molecular formula is C46H69N13O10S. The lowest BCUT2D eigenvalue weighted by molar-refractivity contribution is -0.143. The van der Waals surface area contributed by atoms with Crippen LogP contribution in [-0.2, 0) is 54.4 Å². The summed E-state index contributed by atoms with van der Waals surface area (Å²) in [6.45, 7) is -0.0946. The molecule has 384 valence electrons. The van der Waals surface area contributed by atoms with Crippen molar-refractivity contribution < 1.29 is 47.9 Å². The molecule has 0 saturated carbocycles. The first kappa shape index (κ1) is 56.1. The zero-order valence-corrected chi connectivity index (χ0v) is 40.2. The van der Waals surface area contributed by atoms with E-state index >= 15 is 0 Å². The maximum Gasteiger partial charge on any atom is 0.246 e. The number of aromatic nitrogens is 1. The van der Waals surface area contributed by atoms with Crippen molar-refractivity contribution in [1.82, 2.24) is 47.1 Å². The number of hydrogen-bond acceptors (Lipinski definition) is 13. The summed E-state index contributed by atoms with van der Waals surface area (Å²) < 4.78 is 0. The van der Waals surface area contributed by atoms with E-state index in [4.69, 9.17) is 35.2 Å². The fourth-order valence-electron chi connectivity index (χ4n) is 8.45. The van der Waals surface area contributed by atoms with Crippen LogP contribution in [0.2, 0.25) is 0 Å². The van der Waals surface area contributed by atoms with Gasteiger partial charge in [0, 0.05) is 36.5 Å². The quantitative estimate of drug-likeness (QED) is 0.0491. The molecule has 0 spiro atoms.